The number of amides is 2. The molecule has 0 heterocycles. The number of halogens is 1. The minimum absolute atomic E-state index is 0.345. The van der Waals surface area contributed by atoms with E-state index in [4.69, 9.17) is 21.1 Å². The number of carbonyl (C=O) groups is 3. The van der Waals surface area contributed by atoms with E-state index in [1.165, 1.54) is 6.21 Å². The molecule has 0 aliphatic heterocycles. The van der Waals surface area contributed by atoms with Gasteiger partial charge in [-0.1, -0.05) is 11.6 Å². The van der Waals surface area contributed by atoms with Gasteiger partial charge < -0.3 is 14.8 Å². The van der Waals surface area contributed by atoms with Crippen molar-refractivity contribution < 1.29 is 23.9 Å². The second-order valence-corrected chi connectivity index (χ2v) is 7.01. The van der Waals surface area contributed by atoms with E-state index in [-0.39, 0.29) is 0 Å². The molecule has 2 N–H and O–H groups in total. The standard InChI is InChI=1S/C24H20ClN3O5/c1-2-32-20-13-5-17(6-14-20)24(31)33-21-11-3-16(4-12-21)15-26-28-23(30)22(29)27-19-9-7-18(25)8-10-19/h3-15H,2H2,1H3,(H,27,29)(H,28,30)/b26-15-. The van der Waals surface area contributed by atoms with E-state index < -0.39 is 17.8 Å². The van der Waals surface area contributed by atoms with Crippen molar-refractivity contribution in [1.82, 2.24) is 5.43 Å². The summed E-state index contributed by atoms with van der Waals surface area (Å²) in [4.78, 5) is 36.0. The summed E-state index contributed by atoms with van der Waals surface area (Å²) in [5, 5.41) is 6.69. The highest BCUT2D eigenvalue weighted by Crippen LogP contribution is 2.16. The molecule has 0 atom stereocenters. The summed E-state index contributed by atoms with van der Waals surface area (Å²) >= 11 is 5.78. The van der Waals surface area contributed by atoms with Crippen LogP contribution in [0, 0.1) is 0 Å². The number of carbonyl (C=O) groups excluding carboxylic acids is 3. The van der Waals surface area contributed by atoms with Crippen LogP contribution in [0.4, 0.5) is 5.69 Å². The van der Waals surface area contributed by atoms with Crippen molar-refractivity contribution in [2.24, 2.45) is 5.10 Å². The fraction of sp³-hybridized carbons (Fsp3) is 0.0833. The highest BCUT2D eigenvalue weighted by Gasteiger charge is 2.13. The summed E-state index contributed by atoms with van der Waals surface area (Å²) in [6, 6.07) is 19.4. The molecule has 0 radical (unpaired) electrons. The van der Waals surface area contributed by atoms with E-state index in [1.807, 2.05) is 6.92 Å². The van der Waals surface area contributed by atoms with E-state index >= 15 is 0 Å². The van der Waals surface area contributed by atoms with Gasteiger partial charge in [0, 0.05) is 10.7 Å². The smallest absolute Gasteiger partial charge is 0.343 e. The molecule has 3 rings (SSSR count). The molecule has 3 aromatic rings. The number of anilines is 1. The number of benzene rings is 3. The van der Waals surface area contributed by atoms with Gasteiger partial charge in [0.1, 0.15) is 11.5 Å². The minimum Gasteiger partial charge on any atom is -0.494 e. The average Bonchev–Trinajstić information content (AvgIpc) is 2.82. The fourth-order valence-corrected chi connectivity index (χ4v) is 2.71. The zero-order chi connectivity index (χ0) is 23.6. The lowest BCUT2D eigenvalue weighted by Crippen LogP contribution is -2.32. The van der Waals surface area contributed by atoms with Gasteiger partial charge in [-0.25, -0.2) is 10.2 Å². The van der Waals surface area contributed by atoms with Crippen LogP contribution in [-0.2, 0) is 9.59 Å². The van der Waals surface area contributed by atoms with Crippen molar-refractivity contribution in [2.75, 3.05) is 11.9 Å². The number of ether oxygens (including phenoxy) is 2. The number of hydrogen-bond acceptors (Lipinski definition) is 6. The Morgan fingerprint density at radius 2 is 1.52 bits per heavy atom. The van der Waals surface area contributed by atoms with Crippen LogP contribution in [0.2, 0.25) is 5.02 Å². The molecular formula is C24H20ClN3O5. The fourth-order valence-electron chi connectivity index (χ4n) is 2.58. The Morgan fingerprint density at radius 1 is 0.879 bits per heavy atom. The van der Waals surface area contributed by atoms with Gasteiger partial charge in [-0.05, 0) is 85.3 Å². The highest BCUT2D eigenvalue weighted by atomic mass is 35.5. The predicted molar refractivity (Wildman–Crippen MR) is 125 cm³/mol. The number of nitrogens with one attached hydrogen (secondary N) is 2. The Labute approximate surface area is 195 Å². The molecule has 168 valence electrons. The van der Waals surface area contributed by atoms with Crippen molar-refractivity contribution in [3.63, 3.8) is 0 Å². The SMILES string of the molecule is CCOc1ccc(C(=O)Oc2ccc(/C=N\NC(=O)C(=O)Nc3ccc(Cl)cc3)cc2)cc1. The quantitative estimate of drug-likeness (QED) is 0.180. The first-order valence-electron chi connectivity index (χ1n) is 9.89. The van der Waals surface area contributed by atoms with Crippen LogP contribution in [-0.4, -0.2) is 30.6 Å². The summed E-state index contributed by atoms with van der Waals surface area (Å²) in [7, 11) is 0. The van der Waals surface area contributed by atoms with Gasteiger partial charge in [0.25, 0.3) is 0 Å². The maximum atomic E-state index is 12.2. The molecule has 0 aliphatic rings. The minimum atomic E-state index is -0.929. The molecule has 0 saturated heterocycles. The Kier molecular flexibility index (Phi) is 8.15. The maximum absolute atomic E-state index is 12.2. The Hall–Kier alpha value is -4.17. The van der Waals surface area contributed by atoms with E-state index in [1.54, 1.807) is 72.8 Å². The monoisotopic (exact) mass is 465 g/mol. The average molecular weight is 466 g/mol. The number of hydrogen-bond donors (Lipinski definition) is 2. The molecule has 2 amide bonds. The van der Waals surface area contributed by atoms with Crippen molar-refractivity contribution in [3.8, 4) is 11.5 Å². The van der Waals surface area contributed by atoms with Crippen molar-refractivity contribution in [1.29, 1.82) is 0 Å². The molecule has 0 saturated carbocycles. The topological polar surface area (TPSA) is 106 Å². The summed E-state index contributed by atoms with van der Waals surface area (Å²) in [5.41, 5.74) is 3.58. The van der Waals surface area contributed by atoms with E-state index in [9.17, 15) is 14.4 Å². The lowest BCUT2D eigenvalue weighted by atomic mass is 10.2. The molecule has 33 heavy (non-hydrogen) atoms. The van der Waals surface area contributed by atoms with E-state index in [0.29, 0.717) is 39.9 Å². The second kappa shape index (κ2) is 11.4. The van der Waals surface area contributed by atoms with Crippen LogP contribution in [0.1, 0.15) is 22.8 Å². The van der Waals surface area contributed by atoms with E-state index in [0.717, 1.165) is 0 Å². The van der Waals surface area contributed by atoms with Gasteiger partial charge in [-0.15, -0.1) is 0 Å². The lowest BCUT2D eigenvalue weighted by Gasteiger charge is -2.06. The zero-order valence-corrected chi connectivity index (χ0v) is 18.3. The van der Waals surface area contributed by atoms with Crippen molar-refractivity contribution in [3.05, 3.63) is 88.9 Å². The van der Waals surface area contributed by atoms with E-state index in [2.05, 4.69) is 15.8 Å². The largest absolute Gasteiger partial charge is 0.494 e. The van der Waals surface area contributed by atoms with Gasteiger partial charge in [0.05, 0.1) is 18.4 Å². The van der Waals surface area contributed by atoms with Crippen LogP contribution in [0.3, 0.4) is 0 Å². The number of nitrogens with zero attached hydrogens (tertiary/aromatic N) is 1. The molecule has 0 bridgehead atoms. The van der Waals surface area contributed by atoms with Gasteiger partial charge in [-0.2, -0.15) is 5.10 Å². The van der Waals surface area contributed by atoms with Crippen LogP contribution >= 0.6 is 11.6 Å². The van der Waals surface area contributed by atoms with Crippen LogP contribution in [0.25, 0.3) is 0 Å². The highest BCUT2D eigenvalue weighted by molar-refractivity contribution is 6.39. The molecule has 0 fully saturated rings. The Bertz CT molecular complexity index is 1140. The second-order valence-electron chi connectivity index (χ2n) is 6.58. The molecule has 0 unspecified atom stereocenters. The van der Waals surface area contributed by atoms with Gasteiger partial charge in [0.15, 0.2) is 0 Å². The van der Waals surface area contributed by atoms with Crippen LogP contribution in [0.5, 0.6) is 11.5 Å². The number of esters is 1. The third-order valence-electron chi connectivity index (χ3n) is 4.18. The first-order valence-corrected chi connectivity index (χ1v) is 10.3. The zero-order valence-electron chi connectivity index (χ0n) is 17.6. The molecule has 8 nitrogen and oxygen atoms in total. The summed E-state index contributed by atoms with van der Waals surface area (Å²) in [6.45, 7) is 2.42. The normalized spacial score (nSPS) is 10.5. The van der Waals surface area contributed by atoms with Gasteiger partial charge in [-0.3, -0.25) is 9.59 Å². The number of hydrazone groups is 1. The summed E-state index contributed by atoms with van der Waals surface area (Å²) < 4.78 is 10.7. The Morgan fingerprint density at radius 3 is 2.15 bits per heavy atom. The van der Waals surface area contributed by atoms with Gasteiger partial charge >= 0.3 is 17.8 Å². The van der Waals surface area contributed by atoms with Crippen LogP contribution in [0.15, 0.2) is 77.9 Å². The molecule has 9 heteroatoms. The molecule has 3 aromatic carbocycles. The number of rotatable bonds is 7. The third kappa shape index (κ3) is 7.19. The first-order chi connectivity index (χ1) is 15.9. The molecular weight excluding hydrogens is 446 g/mol. The maximum Gasteiger partial charge on any atom is 0.343 e. The predicted octanol–water partition coefficient (Wildman–Crippen LogP) is 4.05. The lowest BCUT2D eigenvalue weighted by molar-refractivity contribution is -0.136. The van der Waals surface area contributed by atoms with Crippen molar-refractivity contribution >= 4 is 41.3 Å². The Balaban J connectivity index is 1.49. The molecule has 0 aliphatic carbocycles. The molecule has 0 aromatic heterocycles. The summed E-state index contributed by atoms with van der Waals surface area (Å²) in [6.07, 6.45) is 1.35. The summed E-state index contributed by atoms with van der Waals surface area (Å²) in [5.74, 6) is -1.28. The first kappa shape index (κ1) is 23.5. The molecule has 0 spiro atoms. The van der Waals surface area contributed by atoms with Gasteiger partial charge in [0.2, 0.25) is 0 Å². The third-order valence-corrected chi connectivity index (χ3v) is 4.43. The van der Waals surface area contributed by atoms with Crippen molar-refractivity contribution in [2.45, 2.75) is 6.92 Å². The van der Waals surface area contributed by atoms with Crippen LogP contribution < -0.4 is 20.2 Å².